The highest BCUT2D eigenvalue weighted by atomic mass is 127. The Labute approximate surface area is 621 Å². The van der Waals surface area contributed by atoms with Crippen LogP contribution >= 0.6 is 55.9 Å². The second-order valence-electron chi connectivity index (χ2n) is 25.9. The number of amides is 1. The quantitative estimate of drug-likeness (QED) is 0.00887. The van der Waals surface area contributed by atoms with E-state index in [-0.39, 0.29) is 108 Å². The minimum Gasteiger partial charge on any atom is -0.492 e. The van der Waals surface area contributed by atoms with E-state index in [0.29, 0.717) is 55.1 Å². The van der Waals surface area contributed by atoms with E-state index in [1.807, 2.05) is 48.3 Å². The molecule has 19 atom stereocenters. The second kappa shape index (κ2) is 40.3. The average Bonchev–Trinajstić information content (AvgIpc) is 0.759. The number of thioether (sulfide) groups is 1. The number of hydroxylamine groups is 1. The molecule has 0 aromatic heterocycles. The van der Waals surface area contributed by atoms with E-state index in [1.165, 1.54) is 69.1 Å². The third-order valence-corrected chi connectivity index (χ3v) is 23.8. The van der Waals surface area contributed by atoms with Crippen LogP contribution in [-0.2, 0) is 71.4 Å². The zero-order valence-electron chi connectivity index (χ0n) is 59.6. The van der Waals surface area contributed by atoms with E-state index in [9.17, 15) is 49.5 Å². The van der Waals surface area contributed by atoms with E-state index in [2.05, 4.69) is 34.6 Å². The number of aliphatic hydroxyl groups is 5. The number of aliphatic hydroxyl groups excluding tert-OH is 4. The van der Waals surface area contributed by atoms with Crippen LogP contribution in [-0.4, -0.2) is 266 Å². The molecule has 570 valence electrons. The molecule has 0 radical (unpaired) electrons. The largest absolute Gasteiger partial charge is 0.492 e. The molecule has 29 nitrogen and oxygen atoms in total. The van der Waals surface area contributed by atoms with Gasteiger partial charge in [0.15, 0.2) is 41.8 Å². The number of methoxy groups -OCH3 is 4. The van der Waals surface area contributed by atoms with Crippen molar-refractivity contribution in [3.8, 4) is 40.9 Å². The highest BCUT2D eigenvalue weighted by molar-refractivity contribution is 14.1. The lowest BCUT2D eigenvalue weighted by Gasteiger charge is -2.47. The molecular weight excluding hydrogens is 1510 g/mol. The molecular formula is C69H100IN5O24S3. The number of nitrogens with zero attached hydrogens (tertiary/aromatic N) is 1. The Hall–Kier alpha value is -3.91. The summed E-state index contributed by atoms with van der Waals surface area (Å²) in [4.78, 5) is 76.1. The number of likely N-dealkylation sites (N-methyl/N-ethyl adjacent to an activating group) is 1. The van der Waals surface area contributed by atoms with Crippen molar-refractivity contribution in [1.82, 2.24) is 15.8 Å². The van der Waals surface area contributed by atoms with Crippen molar-refractivity contribution < 1.29 is 116 Å². The molecule has 1 aromatic carbocycles. The van der Waals surface area contributed by atoms with Gasteiger partial charge in [-0.15, -0.1) is 0 Å². The van der Waals surface area contributed by atoms with Crippen molar-refractivity contribution in [3.63, 3.8) is 0 Å². The van der Waals surface area contributed by atoms with E-state index in [0.717, 1.165) is 11.8 Å². The number of rotatable bonds is 36. The molecule has 7 rings (SSSR count). The second-order valence-corrected chi connectivity index (χ2v) is 31.2. The van der Waals surface area contributed by atoms with Crippen molar-refractivity contribution in [1.29, 1.82) is 0 Å². The molecule has 2 aliphatic carbocycles. The van der Waals surface area contributed by atoms with E-state index in [1.54, 1.807) is 33.8 Å². The molecule has 4 saturated heterocycles. The lowest BCUT2D eigenvalue weighted by Crippen LogP contribution is -2.65. The SMILES string of the molecule is CCN(CC(=O)CCCOCCOCCN)[C@H]1CO[C@@H](O[C@H]2[C@H](O[C@H]3C#C/C=C\C#C[C@]4(O)CC(=O)C(CC(C)=O)=C3/C4=C\CSSC(C)(C)CC(=O)NN)O[C@H](C)[C@@H](NO[C@H]3C[C@H](O)[C@H](SC(=O)c4c(C)c(I)c(O[C@@H]5O[C@@H](C)[C@H](O)[C@@H](OC)[C@H]5O)c(OC)c4OC)[C@@H](C)O3)[C@@H]2O)C[C@@H]1OC. The van der Waals surface area contributed by atoms with Gasteiger partial charge in [0.05, 0.1) is 111 Å². The fourth-order valence-electron chi connectivity index (χ4n) is 12.7. The lowest BCUT2D eigenvalue weighted by molar-refractivity contribution is -0.337. The van der Waals surface area contributed by atoms with Crippen LogP contribution in [0.1, 0.15) is 109 Å². The number of nitrogens with one attached hydrogen (secondary N) is 2. The zero-order chi connectivity index (χ0) is 74.8. The van der Waals surface area contributed by atoms with Crippen LogP contribution in [0.5, 0.6) is 17.2 Å². The van der Waals surface area contributed by atoms with Gasteiger partial charge in [0, 0.05) is 86.7 Å². The van der Waals surface area contributed by atoms with Gasteiger partial charge in [0.25, 0.3) is 0 Å². The van der Waals surface area contributed by atoms with Gasteiger partial charge < -0.3 is 92.8 Å². The Kier molecular flexibility index (Phi) is 33.7. The number of nitrogens with two attached hydrogens (primary N) is 2. The lowest BCUT2D eigenvalue weighted by atomic mass is 9.72. The van der Waals surface area contributed by atoms with Gasteiger partial charge in [-0.1, -0.05) is 70.0 Å². The molecule has 11 N–H and O–H groups in total. The molecule has 0 unspecified atom stereocenters. The monoisotopic (exact) mass is 1610 g/mol. The molecule has 0 spiro atoms. The number of carbonyl (C=O) groups excluding carboxylic acids is 5. The Morgan fingerprint density at radius 3 is 2.24 bits per heavy atom. The number of hydrogen-bond acceptors (Lipinski definition) is 31. The number of allylic oxidation sites excluding steroid dienone is 3. The summed E-state index contributed by atoms with van der Waals surface area (Å²) in [6.45, 7) is 16.2. The van der Waals surface area contributed by atoms with Crippen LogP contribution < -0.4 is 36.7 Å². The first-order valence-electron chi connectivity index (χ1n) is 33.8. The predicted molar refractivity (Wildman–Crippen MR) is 385 cm³/mol. The topological polar surface area (TPSA) is 395 Å². The molecule has 4 heterocycles. The highest BCUT2D eigenvalue weighted by Gasteiger charge is 2.52. The zero-order valence-corrected chi connectivity index (χ0v) is 64.2. The molecule has 2 bridgehead atoms. The summed E-state index contributed by atoms with van der Waals surface area (Å²) in [5.74, 6) is 16.0. The summed E-state index contributed by atoms with van der Waals surface area (Å²) in [5, 5.41) is 57.7. The Balaban J connectivity index is 1.14. The number of ketones is 3. The minimum absolute atomic E-state index is 0.00659. The number of carbonyl (C=O) groups is 5. The molecule has 0 saturated carbocycles. The van der Waals surface area contributed by atoms with Crippen LogP contribution in [0.2, 0.25) is 0 Å². The molecule has 4 aliphatic heterocycles. The predicted octanol–water partition coefficient (Wildman–Crippen LogP) is 2.80. The van der Waals surface area contributed by atoms with Crippen molar-refractivity contribution in [2.45, 2.75) is 220 Å². The Morgan fingerprint density at radius 1 is 0.873 bits per heavy atom. The summed E-state index contributed by atoms with van der Waals surface area (Å²) in [6, 6.07) is -1.58. The van der Waals surface area contributed by atoms with Crippen LogP contribution in [0.15, 0.2) is 34.9 Å². The standard InChI is InChI=1S/C69H100IN5O24S3/c1-13-75(34-41(77)19-18-24-90-26-27-91-25-23-71)44-35-92-50(31-48(44)86-9)97-62-57(82)55(38(4)94-67(62)96-47-20-16-14-15-17-22-69(85)32-46(79)42(29-36(2)76)53(47)43(69)21-28-100-102-68(7,8)33-49(80)73-72)74-99-51-30-45(78)64(40(6)93-51)101-65(84)52-37(3)54(70)60(63(89-12)59(52)87-10)98-66-58(83)61(88-11)56(81)39(5)95-66/h14-15,21,38-40,44-45,47-48,50-51,55-58,61-62,64,66-67,74,78,81-83,85H,13,18-19,23-35,71-72H2,1-12H3,(H,73,80)/b15-14-,43-21+/t38-,39+,40-,44+,45+,47+,48+,50+,51+,55-,56+,57+,58-,61-,62-,64-,66+,67+,69+/m1/s1. The maximum atomic E-state index is 14.6. The van der Waals surface area contributed by atoms with Crippen molar-refractivity contribution in [3.05, 3.63) is 49.6 Å². The Morgan fingerprint density at radius 2 is 1.58 bits per heavy atom. The molecule has 1 aromatic rings. The number of ether oxygens (including phenoxy) is 13. The first-order chi connectivity index (χ1) is 48.6. The van der Waals surface area contributed by atoms with Gasteiger partial charge in [0.1, 0.15) is 48.2 Å². The number of hydrogen-bond donors (Lipinski definition) is 9. The normalized spacial score (nSPS) is 31.9. The maximum absolute atomic E-state index is 14.6. The summed E-state index contributed by atoms with van der Waals surface area (Å²) >= 11 is 2.80. The molecule has 1 amide bonds. The minimum atomic E-state index is -2.12. The summed E-state index contributed by atoms with van der Waals surface area (Å²) in [7, 11) is 8.34. The van der Waals surface area contributed by atoms with Gasteiger partial charge >= 0.3 is 0 Å². The van der Waals surface area contributed by atoms with Gasteiger partial charge in [-0.05, 0) is 102 Å². The number of hydrazine groups is 1. The Bertz CT molecular complexity index is 3260. The van der Waals surface area contributed by atoms with Crippen molar-refractivity contribution in [2.24, 2.45) is 11.6 Å². The van der Waals surface area contributed by atoms with Gasteiger partial charge in [-0.25, -0.2) is 5.84 Å². The molecule has 6 aliphatic rings. The first kappa shape index (κ1) is 85.3. The first-order valence-corrected chi connectivity index (χ1v) is 38.1. The maximum Gasteiger partial charge on any atom is 0.235 e. The van der Waals surface area contributed by atoms with Gasteiger partial charge in [-0.2, -0.15) is 5.48 Å². The third-order valence-electron chi connectivity index (χ3n) is 17.9. The highest BCUT2D eigenvalue weighted by Crippen LogP contribution is 2.50. The fraction of sp³-hybridized carbons (Fsp3) is 0.696. The van der Waals surface area contributed by atoms with Crippen LogP contribution in [0.3, 0.4) is 0 Å². The summed E-state index contributed by atoms with van der Waals surface area (Å²) in [5.41, 5.74) is 9.20. The number of Topliss-reactive ketones (excluding diaryl/α,β-unsaturated/α-hetero) is 3. The molecule has 4 fully saturated rings. The average molecular weight is 1610 g/mol. The van der Waals surface area contributed by atoms with E-state index in [4.69, 9.17) is 78.0 Å². The molecule has 33 heteroatoms. The van der Waals surface area contributed by atoms with Crippen molar-refractivity contribution >= 4 is 84.3 Å². The number of fused-ring (bicyclic) bond motifs is 2. The number of benzene rings is 1. The van der Waals surface area contributed by atoms with E-state index < -0.39 is 137 Å². The van der Waals surface area contributed by atoms with Gasteiger partial charge in [-0.3, -0.25) is 39.1 Å². The summed E-state index contributed by atoms with van der Waals surface area (Å²) in [6.07, 6.45) is -13.4. The summed E-state index contributed by atoms with van der Waals surface area (Å²) < 4.78 is 79.2. The smallest absolute Gasteiger partial charge is 0.235 e. The van der Waals surface area contributed by atoms with E-state index >= 15 is 0 Å². The third kappa shape index (κ3) is 22.1. The van der Waals surface area contributed by atoms with Crippen LogP contribution in [0, 0.1) is 34.2 Å². The van der Waals surface area contributed by atoms with Crippen LogP contribution in [0.25, 0.3) is 0 Å². The molecule has 102 heavy (non-hydrogen) atoms. The number of halogens is 1. The fourth-order valence-corrected chi connectivity index (χ4v) is 16.9. The van der Waals surface area contributed by atoms with Gasteiger partial charge in [0.2, 0.25) is 23.1 Å². The van der Waals surface area contributed by atoms with Crippen LogP contribution in [0.4, 0.5) is 0 Å². The van der Waals surface area contributed by atoms with Crippen molar-refractivity contribution in [2.75, 3.05) is 86.9 Å².